The molecule has 23 heavy (non-hydrogen) atoms. The molecule has 3 rings (SSSR count). The zero-order chi connectivity index (χ0) is 16.4. The molecule has 0 spiro atoms. The van der Waals surface area contributed by atoms with E-state index >= 15 is 0 Å². The molecule has 0 N–H and O–H groups in total. The first kappa shape index (κ1) is 15.4. The van der Waals surface area contributed by atoms with Gasteiger partial charge in [0, 0.05) is 17.1 Å². The van der Waals surface area contributed by atoms with Crippen LogP contribution in [0.3, 0.4) is 0 Å². The summed E-state index contributed by atoms with van der Waals surface area (Å²) in [6, 6.07) is 23.9. The van der Waals surface area contributed by atoms with Gasteiger partial charge in [-0.25, -0.2) is 0 Å². The third-order valence-electron chi connectivity index (χ3n) is 4.18. The van der Waals surface area contributed by atoms with Gasteiger partial charge in [-0.2, -0.15) is 0 Å². The Balaban J connectivity index is 2.26. The van der Waals surface area contributed by atoms with E-state index in [0.29, 0.717) is 0 Å². The van der Waals surface area contributed by atoms with E-state index in [1.165, 1.54) is 39.3 Å². The first-order valence-corrected chi connectivity index (χ1v) is 8.06. The predicted molar refractivity (Wildman–Crippen MR) is 100 cm³/mol. The van der Waals surface area contributed by atoms with Gasteiger partial charge in [-0.1, -0.05) is 42.5 Å². The smallest absolute Gasteiger partial charge is 0.0490 e. The molecular formula is C22H23N. The third-order valence-corrected chi connectivity index (χ3v) is 4.18. The van der Waals surface area contributed by atoms with Gasteiger partial charge in [-0.15, -0.1) is 0 Å². The summed E-state index contributed by atoms with van der Waals surface area (Å²) in [5.41, 5.74) is 8.79. The Morgan fingerprint density at radius 2 is 1.00 bits per heavy atom. The third kappa shape index (κ3) is 3.14. The number of nitrogens with zero attached hydrogens (tertiary/aromatic N) is 1. The molecule has 0 aromatic heterocycles. The molecule has 0 unspecified atom stereocenters. The van der Waals surface area contributed by atoms with E-state index in [1.807, 2.05) is 0 Å². The van der Waals surface area contributed by atoms with Gasteiger partial charge in [-0.3, -0.25) is 0 Å². The molecule has 0 bridgehead atoms. The van der Waals surface area contributed by atoms with Crippen LogP contribution < -0.4 is 4.90 Å². The van der Waals surface area contributed by atoms with Crippen molar-refractivity contribution in [3.8, 4) is 0 Å². The number of anilines is 3. The van der Waals surface area contributed by atoms with E-state index in [-0.39, 0.29) is 0 Å². The molecule has 0 aliphatic carbocycles. The summed E-state index contributed by atoms with van der Waals surface area (Å²) in [7, 11) is 0. The molecule has 1 heteroatoms. The lowest BCUT2D eigenvalue weighted by molar-refractivity contribution is 1.21. The van der Waals surface area contributed by atoms with Crippen LogP contribution in [0.15, 0.2) is 66.7 Å². The van der Waals surface area contributed by atoms with Crippen LogP contribution in [0.1, 0.15) is 22.3 Å². The second kappa shape index (κ2) is 6.29. The highest BCUT2D eigenvalue weighted by Gasteiger charge is 2.16. The largest absolute Gasteiger partial charge is 0.310 e. The number of hydrogen-bond acceptors (Lipinski definition) is 1. The number of aryl methyl sites for hydroxylation is 4. The molecule has 0 atom stereocenters. The average Bonchev–Trinajstić information content (AvgIpc) is 2.50. The van der Waals surface area contributed by atoms with Crippen molar-refractivity contribution in [3.63, 3.8) is 0 Å². The molecule has 0 fully saturated rings. The summed E-state index contributed by atoms with van der Waals surface area (Å²) in [6.07, 6.45) is 0. The van der Waals surface area contributed by atoms with Crippen molar-refractivity contribution in [2.24, 2.45) is 0 Å². The molecule has 1 nitrogen and oxygen atoms in total. The second-order valence-corrected chi connectivity index (χ2v) is 6.25. The normalized spacial score (nSPS) is 10.6. The Morgan fingerprint density at radius 3 is 1.43 bits per heavy atom. The summed E-state index contributed by atoms with van der Waals surface area (Å²) in [4.78, 5) is 2.37. The molecule has 0 radical (unpaired) electrons. The van der Waals surface area contributed by atoms with Gasteiger partial charge >= 0.3 is 0 Å². The maximum atomic E-state index is 2.37. The van der Waals surface area contributed by atoms with Gasteiger partial charge in [0.15, 0.2) is 0 Å². The molecule has 0 heterocycles. The van der Waals surface area contributed by atoms with Gasteiger partial charge in [0.1, 0.15) is 0 Å². The summed E-state index contributed by atoms with van der Waals surface area (Å²) >= 11 is 0. The Hall–Kier alpha value is -2.54. The molecule has 116 valence electrons. The quantitative estimate of drug-likeness (QED) is 0.541. The van der Waals surface area contributed by atoms with Crippen molar-refractivity contribution < 1.29 is 0 Å². The average molecular weight is 301 g/mol. The molecular weight excluding hydrogens is 278 g/mol. The lowest BCUT2D eigenvalue weighted by atomic mass is 10.1. The Kier molecular flexibility index (Phi) is 4.20. The minimum absolute atomic E-state index is 1.21. The van der Waals surface area contributed by atoms with Crippen molar-refractivity contribution in [3.05, 3.63) is 89.0 Å². The van der Waals surface area contributed by atoms with E-state index in [0.717, 1.165) is 0 Å². The standard InChI is InChI=1S/C22H23N/c1-16-13-17(2)15-20(14-16)23(21-11-7-5-9-18(21)3)22-12-8-6-10-19(22)4/h5-15H,1-4H3. The summed E-state index contributed by atoms with van der Waals surface area (Å²) in [5.74, 6) is 0. The zero-order valence-electron chi connectivity index (χ0n) is 14.3. The molecule has 0 saturated carbocycles. The Bertz CT molecular complexity index is 767. The highest BCUT2D eigenvalue weighted by atomic mass is 15.1. The molecule has 0 aliphatic rings. The van der Waals surface area contributed by atoms with Crippen molar-refractivity contribution in [1.82, 2.24) is 0 Å². The predicted octanol–water partition coefficient (Wildman–Crippen LogP) is 6.39. The fourth-order valence-corrected chi connectivity index (χ4v) is 3.12. The number of rotatable bonds is 3. The summed E-state index contributed by atoms with van der Waals surface area (Å²) in [6.45, 7) is 8.65. The van der Waals surface area contributed by atoms with Crippen molar-refractivity contribution in [2.75, 3.05) is 4.90 Å². The van der Waals surface area contributed by atoms with Gasteiger partial charge < -0.3 is 4.90 Å². The van der Waals surface area contributed by atoms with E-state index in [9.17, 15) is 0 Å². The van der Waals surface area contributed by atoms with E-state index < -0.39 is 0 Å². The molecule has 3 aromatic rings. The molecule has 0 saturated heterocycles. The number of para-hydroxylation sites is 2. The number of benzene rings is 3. The minimum atomic E-state index is 1.21. The van der Waals surface area contributed by atoms with E-state index in [2.05, 4.69) is 99.3 Å². The van der Waals surface area contributed by atoms with Crippen LogP contribution in [-0.2, 0) is 0 Å². The highest BCUT2D eigenvalue weighted by molar-refractivity contribution is 5.80. The summed E-state index contributed by atoms with van der Waals surface area (Å²) in [5, 5.41) is 0. The van der Waals surface area contributed by atoms with Crippen LogP contribution in [0.5, 0.6) is 0 Å². The van der Waals surface area contributed by atoms with Gasteiger partial charge in [0.2, 0.25) is 0 Å². The van der Waals surface area contributed by atoms with Gasteiger partial charge in [0.25, 0.3) is 0 Å². The van der Waals surface area contributed by atoms with E-state index in [1.54, 1.807) is 0 Å². The molecule has 0 aliphatic heterocycles. The van der Waals surface area contributed by atoms with Crippen molar-refractivity contribution in [2.45, 2.75) is 27.7 Å². The second-order valence-electron chi connectivity index (χ2n) is 6.25. The summed E-state index contributed by atoms with van der Waals surface area (Å²) < 4.78 is 0. The lowest BCUT2D eigenvalue weighted by Gasteiger charge is -2.29. The van der Waals surface area contributed by atoms with Crippen LogP contribution >= 0.6 is 0 Å². The maximum Gasteiger partial charge on any atom is 0.0490 e. The number of hydrogen-bond donors (Lipinski definition) is 0. The first-order chi connectivity index (χ1) is 11.1. The van der Waals surface area contributed by atoms with Crippen LogP contribution in [0, 0.1) is 27.7 Å². The maximum absolute atomic E-state index is 2.37. The first-order valence-electron chi connectivity index (χ1n) is 8.06. The van der Waals surface area contributed by atoms with Crippen molar-refractivity contribution >= 4 is 17.1 Å². The van der Waals surface area contributed by atoms with Crippen LogP contribution in [0.4, 0.5) is 17.1 Å². The van der Waals surface area contributed by atoms with Crippen LogP contribution in [-0.4, -0.2) is 0 Å². The van der Waals surface area contributed by atoms with Gasteiger partial charge in [0.05, 0.1) is 0 Å². The minimum Gasteiger partial charge on any atom is -0.310 e. The highest BCUT2D eigenvalue weighted by Crippen LogP contribution is 2.38. The fourth-order valence-electron chi connectivity index (χ4n) is 3.12. The monoisotopic (exact) mass is 301 g/mol. The Morgan fingerprint density at radius 1 is 0.565 bits per heavy atom. The lowest BCUT2D eigenvalue weighted by Crippen LogP contribution is -2.13. The van der Waals surface area contributed by atoms with Gasteiger partial charge in [-0.05, 0) is 74.2 Å². The van der Waals surface area contributed by atoms with Crippen LogP contribution in [0.25, 0.3) is 0 Å². The fraction of sp³-hybridized carbons (Fsp3) is 0.182. The molecule has 3 aromatic carbocycles. The Labute approximate surface area is 139 Å². The van der Waals surface area contributed by atoms with E-state index in [4.69, 9.17) is 0 Å². The topological polar surface area (TPSA) is 3.24 Å². The van der Waals surface area contributed by atoms with Crippen LogP contribution in [0.2, 0.25) is 0 Å². The molecule has 0 amide bonds. The SMILES string of the molecule is Cc1cc(C)cc(N(c2ccccc2C)c2ccccc2C)c1. The van der Waals surface area contributed by atoms with Crippen molar-refractivity contribution in [1.29, 1.82) is 0 Å². The zero-order valence-corrected chi connectivity index (χ0v) is 14.3.